The highest BCUT2D eigenvalue weighted by Crippen LogP contribution is 2.11. The van der Waals surface area contributed by atoms with Crippen molar-refractivity contribution in [2.75, 3.05) is 31.6 Å². The van der Waals surface area contributed by atoms with Gasteiger partial charge in [0.1, 0.15) is 5.76 Å². The predicted molar refractivity (Wildman–Crippen MR) is 61.9 cm³/mol. The molecule has 94 valence electrons. The van der Waals surface area contributed by atoms with Crippen LogP contribution < -0.4 is 5.32 Å². The van der Waals surface area contributed by atoms with Gasteiger partial charge in [-0.3, -0.25) is 5.32 Å². The minimum Gasteiger partial charge on any atom is -0.378 e. The van der Waals surface area contributed by atoms with Crippen LogP contribution in [0.1, 0.15) is 19.1 Å². The average molecular weight is 239 g/mol. The zero-order chi connectivity index (χ0) is 12.1. The molecule has 2 rings (SSSR count). The minimum absolute atomic E-state index is 0.148. The van der Waals surface area contributed by atoms with Crippen LogP contribution in [0.25, 0.3) is 0 Å². The summed E-state index contributed by atoms with van der Waals surface area (Å²) in [5.74, 6) is 1.27. The van der Waals surface area contributed by atoms with Crippen molar-refractivity contribution < 1.29 is 14.1 Å². The molecular weight excluding hydrogens is 222 g/mol. The third-order valence-electron chi connectivity index (χ3n) is 2.59. The van der Waals surface area contributed by atoms with Crippen molar-refractivity contribution in [3.8, 4) is 0 Å². The van der Waals surface area contributed by atoms with Crippen molar-refractivity contribution in [2.24, 2.45) is 0 Å². The molecule has 0 atom stereocenters. The van der Waals surface area contributed by atoms with E-state index < -0.39 is 0 Å². The molecule has 1 N–H and O–H groups in total. The number of ether oxygens (including phenoxy) is 1. The molecule has 0 unspecified atom stereocenters. The Balaban J connectivity index is 1.88. The molecule has 0 spiro atoms. The Hall–Kier alpha value is -1.56. The molecule has 2 amide bonds. The van der Waals surface area contributed by atoms with E-state index in [1.54, 1.807) is 11.0 Å². The molecule has 0 radical (unpaired) electrons. The lowest BCUT2D eigenvalue weighted by Gasteiger charge is -2.26. The summed E-state index contributed by atoms with van der Waals surface area (Å²) in [4.78, 5) is 13.5. The molecule has 0 saturated carbocycles. The average Bonchev–Trinajstić information content (AvgIpc) is 2.78. The zero-order valence-corrected chi connectivity index (χ0v) is 9.94. The smallest absolute Gasteiger partial charge is 0.323 e. The first-order valence-corrected chi connectivity index (χ1v) is 5.89. The molecule has 17 heavy (non-hydrogen) atoms. The predicted octanol–water partition coefficient (Wildman–Crippen LogP) is 1.49. The second-order valence-corrected chi connectivity index (χ2v) is 3.96. The van der Waals surface area contributed by atoms with Gasteiger partial charge in [-0.25, -0.2) is 4.79 Å². The Kier molecular flexibility index (Phi) is 3.98. The Morgan fingerprint density at radius 1 is 1.53 bits per heavy atom. The normalized spacial score (nSPS) is 15.9. The number of aromatic nitrogens is 1. The van der Waals surface area contributed by atoms with Gasteiger partial charge >= 0.3 is 6.03 Å². The molecule has 2 heterocycles. The Labute approximate surface area is 99.9 Å². The molecule has 1 aliphatic heterocycles. The molecule has 0 aliphatic carbocycles. The van der Waals surface area contributed by atoms with E-state index in [0.29, 0.717) is 32.1 Å². The lowest BCUT2D eigenvalue weighted by molar-refractivity contribution is 0.0564. The maximum absolute atomic E-state index is 11.8. The van der Waals surface area contributed by atoms with Crippen molar-refractivity contribution in [3.63, 3.8) is 0 Å². The van der Waals surface area contributed by atoms with Crippen molar-refractivity contribution in [2.45, 2.75) is 19.8 Å². The lowest BCUT2D eigenvalue weighted by Crippen LogP contribution is -2.43. The number of hydrogen-bond donors (Lipinski definition) is 1. The molecule has 1 aliphatic rings. The largest absolute Gasteiger partial charge is 0.378 e. The molecule has 1 aromatic heterocycles. The Bertz CT molecular complexity index is 372. The van der Waals surface area contributed by atoms with E-state index in [1.165, 1.54) is 0 Å². The van der Waals surface area contributed by atoms with E-state index in [9.17, 15) is 4.79 Å². The number of carbonyl (C=O) groups is 1. The molecule has 1 saturated heterocycles. The fourth-order valence-corrected chi connectivity index (χ4v) is 1.69. The summed E-state index contributed by atoms with van der Waals surface area (Å²) < 4.78 is 10.3. The molecule has 1 fully saturated rings. The number of rotatable bonds is 3. The second-order valence-electron chi connectivity index (χ2n) is 3.96. The minimum atomic E-state index is -0.148. The van der Waals surface area contributed by atoms with Gasteiger partial charge in [0.2, 0.25) is 0 Å². The maximum Gasteiger partial charge on any atom is 0.323 e. The summed E-state index contributed by atoms with van der Waals surface area (Å²) >= 11 is 0. The van der Waals surface area contributed by atoms with Crippen LogP contribution in [0, 0.1) is 0 Å². The number of aryl methyl sites for hydroxylation is 1. The summed E-state index contributed by atoms with van der Waals surface area (Å²) in [6.07, 6.45) is 1.83. The number of anilines is 1. The second kappa shape index (κ2) is 5.67. The third kappa shape index (κ3) is 3.20. The van der Waals surface area contributed by atoms with Gasteiger partial charge in [0, 0.05) is 25.6 Å². The number of nitrogens with one attached hydrogen (secondary N) is 1. The van der Waals surface area contributed by atoms with Crippen molar-refractivity contribution in [1.29, 1.82) is 0 Å². The maximum atomic E-state index is 11.8. The number of nitrogens with zero attached hydrogens (tertiary/aromatic N) is 2. The van der Waals surface area contributed by atoms with Crippen molar-refractivity contribution >= 4 is 11.8 Å². The van der Waals surface area contributed by atoms with Gasteiger partial charge in [-0.2, -0.15) is 0 Å². The van der Waals surface area contributed by atoms with Crippen LogP contribution in [-0.4, -0.2) is 42.4 Å². The van der Waals surface area contributed by atoms with Crippen molar-refractivity contribution in [3.05, 3.63) is 11.8 Å². The van der Waals surface area contributed by atoms with Gasteiger partial charge in [0.05, 0.1) is 13.2 Å². The number of urea groups is 1. The molecule has 0 aromatic carbocycles. The summed E-state index contributed by atoms with van der Waals surface area (Å²) in [6, 6.07) is 1.62. The Morgan fingerprint density at radius 2 is 2.29 bits per heavy atom. The molecule has 6 nitrogen and oxygen atoms in total. The monoisotopic (exact) mass is 239 g/mol. The highest BCUT2D eigenvalue weighted by atomic mass is 16.5. The van der Waals surface area contributed by atoms with Gasteiger partial charge in [-0.15, -0.1) is 0 Å². The van der Waals surface area contributed by atoms with Crippen LogP contribution in [0.15, 0.2) is 10.6 Å². The van der Waals surface area contributed by atoms with E-state index in [4.69, 9.17) is 9.26 Å². The van der Waals surface area contributed by atoms with Crippen LogP contribution >= 0.6 is 0 Å². The van der Waals surface area contributed by atoms with Gasteiger partial charge in [0.25, 0.3) is 0 Å². The topological polar surface area (TPSA) is 67.6 Å². The van der Waals surface area contributed by atoms with Crippen LogP contribution in [0.3, 0.4) is 0 Å². The zero-order valence-electron chi connectivity index (χ0n) is 9.94. The molecule has 6 heteroatoms. The number of amides is 2. The Morgan fingerprint density at radius 3 is 3.00 bits per heavy atom. The van der Waals surface area contributed by atoms with Crippen LogP contribution in [0.5, 0.6) is 0 Å². The van der Waals surface area contributed by atoms with Crippen LogP contribution in [0.2, 0.25) is 0 Å². The fraction of sp³-hybridized carbons (Fsp3) is 0.636. The first kappa shape index (κ1) is 11.9. The van der Waals surface area contributed by atoms with Gasteiger partial charge in [-0.05, 0) is 6.42 Å². The summed E-state index contributed by atoms with van der Waals surface area (Å²) in [5.41, 5.74) is 0. The van der Waals surface area contributed by atoms with Gasteiger partial charge < -0.3 is 14.2 Å². The number of morpholine rings is 1. The highest BCUT2D eigenvalue weighted by molar-refractivity contribution is 5.88. The van der Waals surface area contributed by atoms with E-state index >= 15 is 0 Å². The fourth-order valence-electron chi connectivity index (χ4n) is 1.69. The first-order valence-electron chi connectivity index (χ1n) is 5.89. The summed E-state index contributed by atoms with van der Waals surface area (Å²) in [5, 5.41) is 6.52. The van der Waals surface area contributed by atoms with E-state index in [0.717, 1.165) is 18.6 Å². The van der Waals surface area contributed by atoms with E-state index in [-0.39, 0.29) is 6.03 Å². The standard InChI is InChI=1S/C11H17N3O3/c1-2-3-9-8-10(13-17-9)12-11(15)14-4-6-16-7-5-14/h8H,2-7H2,1H3,(H,12,13,15). The molecule has 0 bridgehead atoms. The summed E-state index contributed by atoms with van der Waals surface area (Å²) in [7, 11) is 0. The number of carbonyl (C=O) groups excluding carboxylic acids is 1. The molecule has 1 aromatic rings. The number of hydrogen-bond acceptors (Lipinski definition) is 4. The summed E-state index contributed by atoms with van der Waals surface area (Å²) in [6.45, 7) is 4.48. The van der Waals surface area contributed by atoms with Crippen molar-refractivity contribution in [1.82, 2.24) is 10.1 Å². The quantitative estimate of drug-likeness (QED) is 0.867. The first-order chi connectivity index (χ1) is 8.29. The third-order valence-corrected chi connectivity index (χ3v) is 2.59. The lowest BCUT2D eigenvalue weighted by atomic mass is 10.3. The van der Waals surface area contributed by atoms with Crippen LogP contribution in [0.4, 0.5) is 10.6 Å². The van der Waals surface area contributed by atoms with E-state index in [1.807, 2.05) is 0 Å². The molecular formula is C11H17N3O3. The van der Waals surface area contributed by atoms with Crippen LogP contribution in [-0.2, 0) is 11.2 Å². The van der Waals surface area contributed by atoms with Gasteiger partial charge in [-0.1, -0.05) is 12.1 Å². The van der Waals surface area contributed by atoms with E-state index in [2.05, 4.69) is 17.4 Å². The SMILES string of the molecule is CCCc1cc(NC(=O)N2CCOCC2)no1. The van der Waals surface area contributed by atoms with Gasteiger partial charge in [0.15, 0.2) is 5.82 Å². The highest BCUT2D eigenvalue weighted by Gasteiger charge is 2.17.